The molecule has 0 atom stereocenters. The zero-order chi connectivity index (χ0) is 11.1. The minimum atomic E-state index is 0.223. The van der Waals surface area contributed by atoms with Crippen molar-refractivity contribution < 1.29 is 0 Å². The predicted octanol–water partition coefficient (Wildman–Crippen LogP) is 2.20. The van der Waals surface area contributed by atoms with Crippen molar-refractivity contribution in [1.82, 2.24) is 9.80 Å². The summed E-state index contributed by atoms with van der Waals surface area (Å²) in [5, 5.41) is 1.23. The summed E-state index contributed by atoms with van der Waals surface area (Å²) in [4.78, 5) is 9.58. The maximum absolute atomic E-state index is 4.67. The number of hydrogen-bond donors (Lipinski definition) is 0. The Morgan fingerprint density at radius 1 is 1.33 bits per heavy atom. The molecule has 0 saturated heterocycles. The van der Waals surface area contributed by atoms with Crippen molar-refractivity contribution in [3.63, 3.8) is 0 Å². The van der Waals surface area contributed by atoms with Crippen molar-refractivity contribution in [2.45, 2.75) is 45.2 Å². The SMILES string of the molecule is CSC1=NCN(C(C)(C)C)CN1C1CC1. The van der Waals surface area contributed by atoms with Crippen molar-refractivity contribution in [3.05, 3.63) is 0 Å². The van der Waals surface area contributed by atoms with Crippen LogP contribution in [0.2, 0.25) is 0 Å². The van der Waals surface area contributed by atoms with Crippen molar-refractivity contribution in [2.24, 2.45) is 4.99 Å². The van der Waals surface area contributed by atoms with Gasteiger partial charge in [-0.05, 0) is 39.9 Å². The van der Waals surface area contributed by atoms with E-state index in [1.54, 1.807) is 11.8 Å². The van der Waals surface area contributed by atoms with Gasteiger partial charge in [-0.15, -0.1) is 0 Å². The van der Waals surface area contributed by atoms with E-state index < -0.39 is 0 Å². The van der Waals surface area contributed by atoms with E-state index in [-0.39, 0.29) is 5.54 Å². The van der Waals surface area contributed by atoms with E-state index in [0.717, 1.165) is 19.4 Å². The zero-order valence-electron chi connectivity index (χ0n) is 10.2. The summed E-state index contributed by atoms with van der Waals surface area (Å²) in [5.41, 5.74) is 0.223. The third-order valence-corrected chi connectivity index (χ3v) is 3.79. The Labute approximate surface area is 96.9 Å². The summed E-state index contributed by atoms with van der Waals surface area (Å²) in [6.45, 7) is 8.68. The van der Waals surface area contributed by atoms with Gasteiger partial charge in [0, 0.05) is 11.6 Å². The first-order valence-electron chi connectivity index (χ1n) is 5.62. The molecule has 1 aliphatic heterocycles. The summed E-state index contributed by atoms with van der Waals surface area (Å²) in [7, 11) is 0. The highest BCUT2D eigenvalue weighted by atomic mass is 32.2. The minimum Gasteiger partial charge on any atom is -0.335 e. The van der Waals surface area contributed by atoms with Gasteiger partial charge in [0.1, 0.15) is 0 Å². The Hall–Kier alpha value is -0.220. The molecule has 1 heterocycles. The van der Waals surface area contributed by atoms with Gasteiger partial charge in [0.25, 0.3) is 0 Å². The maximum Gasteiger partial charge on any atom is 0.161 e. The molecule has 0 aromatic heterocycles. The zero-order valence-corrected chi connectivity index (χ0v) is 11.0. The van der Waals surface area contributed by atoms with E-state index >= 15 is 0 Å². The minimum absolute atomic E-state index is 0.223. The van der Waals surface area contributed by atoms with Gasteiger partial charge < -0.3 is 4.90 Å². The molecular formula is C11H21N3S. The van der Waals surface area contributed by atoms with Crippen LogP contribution in [0.5, 0.6) is 0 Å². The summed E-state index contributed by atoms with van der Waals surface area (Å²) < 4.78 is 0. The Balaban J connectivity index is 2.09. The second kappa shape index (κ2) is 3.98. The maximum atomic E-state index is 4.67. The van der Waals surface area contributed by atoms with Gasteiger partial charge in [-0.25, -0.2) is 4.99 Å². The molecule has 15 heavy (non-hydrogen) atoms. The van der Waals surface area contributed by atoms with Crippen LogP contribution in [0.1, 0.15) is 33.6 Å². The van der Waals surface area contributed by atoms with Crippen LogP contribution in [-0.2, 0) is 0 Å². The molecule has 1 saturated carbocycles. The summed E-state index contributed by atoms with van der Waals surface area (Å²) in [5.74, 6) is 0. The van der Waals surface area contributed by atoms with Gasteiger partial charge in [-0.2, -0.15) is 0 Å². The molecule has 3 nitrogen and oxygen atoms in total. The van der Waals surface area contributed by atoms with Gasteiger partial charge in [0.15, 0.2) is 5.17 Å². The van der Waals surface area contributed by atoms with E-state index in [4.69, 9.17) is 0 Å². The molecule has 0 spiro atoms. The van der Waals surface area contributed by atoms with E-state index in [0.29, 0.717) is 0 Å². The molecule has 0 bridgehead atoms. The monoisotopic (exact) mass is 227 g/mol. The lowest BCUT2D eigenvalue weighted by atomic mass is 10.1. The lowest BCUT2D eigenvalue weighted by molar-refractivity contribution is 0.0774. The van der Waals surface area contributed by atoms with Crippen molar-refractivity contribution in [2.75, 3.05) is 19.6 Å². The molecule has 2 aliphatic rings. The average molecular weight is 227 g/mol. The van der Waals surface area contributed by atoms with E-state index in [1.165, 1.54) is 18.0 Å². The second-order valence-corrected chi connectivity index (χ2v) is 6.11. The molecule has 0 radical (unpaired) electrons. The Bertz CT molecular complexity index is 265. The molecule has 2 rings (SSSR count). The summed E-state index contributed by atoms with van der Waals surface area (Å²) in [6.07, 6.45) is 4.82. The van der Waals surface area contributed by atoms with Crippen molar-refractivity contribution in [1.29, 1.82) is 0 Å². The first-order chi connectivity index (χ1) is 7.02. The fourth-order valence-electron chi connectivity index (χ4n) is 1.79. The smallest absolute Gasteiger partial charge is 0.161 e. The average Bonchev–Trinajstić information content (AvgIpc) is 2.98. The molecule has 0 aromatic rings. The number of thioether (sulfide) groups is 1. The highest BCUT2D eigenvalue weighted by Crippen LogP contribution is 2.32. The van der Waals surface area contributed by atoms with Gasteiger partial charge in [0.2, 0.25) is 0 Å². The van der Waals surface area contributed by atoms with Gasteiger partial charge in [0.05, 0.1) is 13.3 Å². The number of amidine groups is 1. The molecule has 1 fully saturated rings. The molecule has 0 aromatic carbocycles. The predicted molar refractivity (Wildman–Crippen MR) is 67.1 cm³/mol. The molecule has 0 unspecified atom stereocenters. The van der Waals surface area contributed by atoms with Gasteiger partial charge in [-0.3, -0.25) is 4.90 Å². The van der Waals surface area contributed by atoms with Crippen LogP contribution in [0.15, 0.2) is 4.99 Å². The van der Waals surface area contributed by atoms with Crippen molar-refractivity contribution in [3.8, 4) is 0 Å². The lowest BCUT2D eigenvalue weighted by Crippen LogP contribution is -2.53. The van der Waals surface area contributed by atoms with Crippen molar-refractivity contribution >= 4 is 16.9 Å². The lowest BCUT2D eigenvalue weighted by Gasteiger charge is -2.42. The number of rotatable bonds is 1. The Morgan fingerprint density at radius 3 is 2.47 bits per heavy atom. The standard InChI is InChI=1S/C11H21N3S/c1-11(2,3)13-7-12-10(15-4)14(8-13)9-5-6-9/h9H,5-8H2,1-4H3. The largest absolute Gasteiger partial charge is 0.335 e. The highest BCUT2D eigenvalue weighted by molar-refractivity contribution is 8.13. The number of nitrogens with zero attached hydrogens (tertiary/aromatic N) is 3. The highest BCUT2D eigenvalue weighted by Gasteiger charge is 2.36. The molecule has 4 heteroatoms. The normalized spacial score (nSPS) is 24.3. The molecule has 0 amide bonds. The first kappa shape index (κ1) is 11.3. The van der Waals surface area contributed by atoms with Crippen LogP contribution in [0.25, 0.3) is 0 Å². The van der Waals surface area contributed by atoms with Crippen LogP contribution in [0, 0.1) is 0 Å². The van der Waals surface area contributed by atoms with Crippen LogP contribution < -0.4 is 0 Å². The second-order valence-electron chi connectivity index (χ2n) is 5.34. The number of aliphatic imine (C=N–C) groups is 1. The third-order valence-electron chi connectivity index (χ3n) is 3.06. The number of hydrogen-bond acceptors (Lipinski definition) is 4. The Morgan fingerprint density at radius 2 is 2.00 bits per heavy atom. The Kier molecular flexibility index (Phi) is 2.99. The van der Waals surface area contributed by atoms with E-state index in [9.17, 15) is 0 Å². The molecule has 1 aliphatic carbocycles. The van der Waals surface area contributed by atoms with E-state index in [1.807, 2.05) is 0 Å². The van der Waals surface area contributed by atoms with Crippen LogP contribution in [0.3, 0.4) is 0 Å². The fourth-order valence-corrected chi connectivity index (χ4v) is 2.42. The molecular weight excluding hydrogens is 206 g/mol. The quantitative estimate of drug-likeness (QED) is 0.684. The van der Waals surface area contributed by atoms with E-state index in [2.05, 4.69) is 41.8 Å². The first-order valence-corrected chi connectivity index (χ1v) is 6.85. The topological polar surface area (TPSA) is 18.8 Å². The van der Waals surface area contributed by atoms with Gasteiger partial charge in [-0.1, -0.05) is 11.8 Å². The van der Waals surface area contributed by atoms with Crippen LogP contribution >= 0.6 is 11.8 Å². The molecule has 86 valence electrons. The fraction of sp³-hybridized carbons (Fsp3) is 0.909. The summed E-state index contributed by atoms with van der Waals surface area (Å²) in [6, 6.07) is 0.765. The van der Waals surface area contributed by atoms with Crippen LogP contribution in [0.4, 0.5) is 0 Å². The van der Waals surface area contributed by atoms with Gasteiger partial charge >= 0.3 is 0 Å². The van der Waals surface area contributed by atoms with Crippen LogP contribution in [-0.4, -0.2) is 46.1 Å². The molecule has 0 N–H and O–H groups in total. The summed E-state index contributed by atoms with van der Waals surface area (Å²) >= 11 is 1.78. The third kappa shape index (κ3) is 2.48.